The smallest absolute Gasteiger partial charge is 0.185 e. The Morgan fingerprint density at radius 2 is 2.07 bits per heavy atom. The number of nitrogens with zero attached hydrogens (tertiary/aromatic N) is 1. The van der Waals surface area contributed by atoms with E-state index >= 15 is 0 Å². The third-order valence-corrected chi connectivity index (χ3v) is 2.97. The van der Waals surface area contributed by atoms with Gasteiger partial charge in [-0.15, -0.1) is 0 Å². The molecule has 1 aliphatic rings. The Hall–Kier alpha value is -1.69. The summed E-state index contributed by atoms with van der Waals surface area (Å²) in [6.07, 6.45) is 1.97. The Balaban J connectivity index is 2.37. The maximum atomic E-state index is 13.3. The summed E-state index contributed by atoms with van der Waals surface area (Å²) in [6, 6.07) is 7.86. The van der Waals surface area contributed by atoms with Gasteiger partial charge in [-0.1, -0.05) is 12.1 Å². The Kier molecular flexibility index (Phi) is 2.28. The van der Waals surface area contributed by atoms with E-state index < -0.39 is 11.2 Å². The Morgan fingerprint density at radius 3 is 2.53 bits per heavy atom. The van der Waals surface area contributed by atoms with Crippen LogP contribution in [0.5, 0.6) is 0 Å². The number of rotatable bonds is 2. The Bertz CT molecular complexity index is 443. The fraction of sp³-hybridized carbons (Fsp3) is 0.333. The number of hydrogen-bond donors (Lipinski definition) is 0. The van der Waals surface area contributed by atoms with Gasteiger partial charge < -0.3 is 0 Å². The lowest BCUT2D eigenvalue weighted by Gasteiger charge is -2.33. The van der Waals surface area contributed by atoms with Gasteiger partial charge in [0.25, 0.3) is 0 Å². The average molecular weight is 203 g/mol. The van der Waals surface area contributed by atoms with Crippen molar-refractivity contribution in [3.8, 4) is 6.07 Å². The molecule has 2 rings (SSSR count). The predicted octanol–water partition coefficient (Wildman–Crippen LogP) is 2.70. The highest BCUT2D eigenvalue weighted by atomic mass is 19.1. The summed E-state index contributed by atoms with van der Waals surface area (Å²) in [7, 11) is 0. The third-order valence-electron chi connectivity index (χ3n) is 2.97. The van der Waals surface area contributed by atoms with Gasteiger partial charge in [-0.25, -0.2) is 4.39 Å². The molecular weight excluding hydrogens is 193 g/mol. The molecule has 1 aromatic rings. The van der Waals surface area contributed by atoms with Gasteiger partial charge >= 0.3 is 0 Å². The van der Waals surface area contributed by atoms with Crippen molar-refractivity contribution in [3.63, 3.8) is 0 Å². The highest BCUT2D eigenvalue weighted by molar-refractivity contribution is 6.03. The second kappa shape index (κ2) is 3.47. The van der Waals surface area contributed by atoms with E-state index in [2.05, 4.69) is 0 Å². The molecule has 0 spiro atoms. The summed E-state index contributed by atoms with van der Waals surface area (Å²) < 4.78 is 13.3. The van der Waals surface area contributed by atoms with Gasteiger partial charge in [0.05, 0.1) is 11.6 Å². The van der Waals surface area contributed by atoms with Crippen LogP contribution >= 0.6 is 0 Å². The molecular formula is C12H10FNO. The van der Waals surface area contributed by atoms with Crippen molar-refractivity contribution in [2.24, 2.45) is 5.41 Å². The molecule has 2 nitrogen and oxygen atoms in total. The van der Waals surface area contributed by atoms with E-state index in [0.717, 1.165) is 6.42 Å². The predicted molar refractivity (Wildman–Crippen MR) is 52.6 cm³/mol. The van der Waals surface area contributed by atoms with E-state index in [4.69, 9.17) is 5.26 Å². The summed E-state index contributed by atoms with van der Waals surface area (Å²) in [5, 5.41) is 8.97. The summed E-state index contributed by atoms with van der Waals surface area (Å²) in [5.41, 5.74) is -0.916. The van der Waals surface area contributed by atoms with Gasteiger partial charge in [0, 0.05) is 0 Å². The Labute approximate surface area is 87.3 Å². The number of carbonyl (C=O) groups excluding carboxylic acids is 1. The van der Waals surface area contributed by atoms with Crippen molar-refractivity contribution < 1.29 is 9.18 Å². The van der Waals surface area contributed by atoms with Crippen LogP contribution in [-0.2, 0) is 0 Å². The molecule has 0 aliphatic heterocycles. The van der Waals surface area contributed by atoms with Crippen LogP contribution in [0.15, 0.2) is 24.3 Å². The van der Waals surface area contributed by atoms with Crippen molar-refractivity contribution in [3.05, 3.63) is 35.6 Å². The zero-order chi connectivity index (χ0) is 10.9. The summed E-state index contributed by atoms with van der Waals surface area (Å²) in [4.78, 5) is 11.9. The first-order valence-electron chi connectivity index (χ1n) is 4.90. The van der Waals surface area contributed by atoms with Crippen molar-refractivity contribution in [2.75, 3.05) is 0 Å². The monoisotopic (exact) mass is 203 g/mol. The molecule has 0 amide bonds. The van der Waals surface area contributed by atoms with Crippen LogP contribution < -0.4 is 0 Å². The van der Waals surface area contributed by atoms with Gasteiger partial charge in [0.15, 0.2) is 5.78 Å². The van der Waals surface area contributed by atoms with E-state index in [1.165, 1.54) is 18.2 Å². The van der Waals surface area contributed by atoms with Crippen LogP contribution in [0.25, 0.3) is 0 Å². The number of halogens is 1. The van der Waals surface area contributed by atoms with Gasteiger partial charge in [-0.2, -0.15) is 5.26 Å². The second-order valence-electron chi connectivity index (χ2n) is 3.86. The molecule has 0 N–H and O–H groups in total. The molecule has 1 saturated carbocycles. The standard InChI is InChI=1S/C12H10FNO/c13-10-5-2-1-4-9(10)11(15)12(8-14)6-3-7-12/h1-2,4-5H,3,6-7H2. The summed E-state index contributed by atoms with van der Waals surface area (Å²) in [6.45, 7) is 0. The zero-order valence-corrected chi connectivity index (χ0v) is 8.16. The highest BCUT2D eigenvalue weighted by Gasteiger charge is 2.45. The number of benzene rings is 1. The van der Waals surface area contributed by atoms with Crippen molar-refractivity contribution in [2.45, 2.75) is 19.3 Å². The zero-order valence-electron chi connectivity index (χ0n) is 8.16. The first-order valence-corrected chi connectivity index (χ1v) is 4.90. The molecule has 0 unspecified atom stereocenters. The number of ketones is 1. The molecule has 0 saturated heterocycles. The minimum Gasteiger partial charge on any atom is -0.292 e. The number of nitriles is 1. The molecule has 0 aromatic heterocycles. The highest BCUT2D eigenvalue weighted by Crippen LogP contribution is 2.43. The van der Waals surface area contributed by atoms with Crippen molar-refractivity contribution in [1.29, 1.82) is 5.26 Å². The van der Waals surface area contributed by atoms with Gasteiger partial charge in [0.2, 0.25) is 0 Å². The molecule has 1 aromatic carbocycles. The van der Waals surface area contributed by atoms with Crippen LogP contribution in [0.2, 0.25) is 0 Å². The quantitative estimate of drug-likeness (QED) is 0.693. The number of Topliss-reactive ketones (excluding diaryl/α,β-unsaturated/α-hetero) is 1. The maximum Gasteiger partial charge on any atom is 0.185 e. The molecule has 0 atom stereocenters. The average Bonchev–Trinajstić information content (AvgIpc) is 2.17. The van der Waals surface area contributed by atoms with Crippen LogP contribution in [0.3, 0.4) is 0 Å². The molecule has 0 radical (unpaired) electrons. The Morgan fingerprint density at radius 1 is 1.40 bits per heavy atom. The lowest BCUT2D eigenvalue weighted by Crippen LogP contribution is -2.37. The van der Waals surface area contributed by atoms with E-state index in [1.54, 1.807) is 6.07 Å². The summed E-state index contributed by atoms with van der Waals surface area (Å²) >= 11 is 0. The van der Waals surface area contributed by atoms with Gasteiger partial charge in [-0.05, 0) is 31.4 Å². The number of hydrogen-bond acceptors (Lipinski definition) is 2. The molecule has 1 aliphatic carbocycles. The van der Waals surface area contributed by atoms with Crippen LogP contribution in [-0.4, -0.2) is 5.78 Å². The molecule has 0 bridgehead atoms. The van der Waals surface area contributed by atoms with E-state index in [-0.39, 0.29) is 11.3 Å². The van der Waals surface area contributed by atoms with E-state index in [9.17, 15) is 9.18 Å². The fourth-order valence-electron chi connectivity index (χ4n) is 1.82. The first-order chi connectivity index (χ1) is 7.19. The minimum atomic E-state index is -0.956. The van der Waals surface area contributed by atoms with Crippen molar-refractivity contribution in [1.82, 2.24) is 0 Å². The van der Waals surface area contributed by atoms with E-state index in [0.29, 0.717) is 12.8 Å². The molecule has 3 heteroatoms. The molecule has 15 heavy (non-hydrogen) atoms. The van der Waals surface area contributed by atoms with E-state index in [1.807, 2.05) is 6.07 Å². The van der Waals surface area contributed by atoms with Gasteiger partial charge in [-0.3, -0.25) is 4.79 Å². The van der Waals surface area contributed by atoms with Gasteiger partial charge in [0.1, 0.15) is 11.2 Å². The molecule has 1 fully saturated rings. The minimum absolute atomic E-state index is 0.0405. The summed E-state index contributed by atoms with van der Waals surface area (Å²) in [5.74, 6) is -0.904. The topological polar surface area (TPSA) is 40.9 Å². The van der Waals surface area contributed by atoms with Crippen molar-refractivity contribution >= 4 is 5.78 Å². The third kappa shape index (κ3) is 1.42. The normalized spacial score (nSPS) is 17.6. The number of carbonyl (C=O) groups is 1. The SMILES string of the molecule is N#CC1(C(=O)c2ccccc2F)CCC1. The van der Waals surface area contributed by atoms with Crippen LogP contribution in [0, 0.1) is 22.6 Å². The van der Waals surface area contributed by atoms with Crippen LogP contribution in [0.1, 0.15) is 29.6 Å². The molecule has 76 valence electrons. The first kappa shape index (κ1) is 9.85. The lowest BCUT2D eigenvalue weighted by atomic mass is 9.65. The van der Waals surface area contributed by atoms with Crippen LogP contribution in [0.4, 0.5) is 4.39 Å². The second-order valence-corrected chi connectivity index (χ2v) is 3.86. The lowest BCUT2D eigenvalue weighted by molar-refractivity contribution is 0.0744. The largest absolute Gasteiger partial charge is 0.292 e. The maximum absolute atomic E-state index is 13.3. The molecule has 0 heterocycles. The fourth-order valence-corrected chi connectivity index (χ4v) is 1.82.